The molecule has 1 fully saturated rings. The summed E-state index contributed by atoms with van der Waals surface area (Å²) < 4.78 is 28.4. The molecule has 0 aliphatic carbocycles. The molecule has 1 aliphatic heterocycles. The molecule has 0 saturated carbocycles. The lowest BCUT2D eigenvalue weighted by Gasteiger charge is -2.30. The number of hydrogen-bond acceptors (Lipinski definition) is 5. The summed E-state index contributed by atoms with van der Waals surface area (Å²) in [6.07, 6.45) is 1.71. The summed E-state index contributed by atoms with van der Waals surface area (Å²) in [6, 6.07) is 5.35. The van der Waals surface area contributed by atoms with Gasteiger partial charge >= 0.3 is 0 Å². The first-order valence-corrected chi connectivity index (χ1v) is 10.5. The van der Waals surface area contributed by atoms with Crippen LogP contribution in [0, 0.1) is 0 Å². The molecule has 1 N–H and O–H groups in total. The van der Waals surface area contributed by atoms with E-state index in [1.54, 1.807) is 34.8 Å². The van der Waals surface area contributed by atoms with Gasteiger partial charge in [-0.25, -0.2) is 13.4 Å². The molecule has 2 heterocycles. The molecule has 0 amide bonds. The molecule has 1 aromatic heterocycles. The molecule has 0 unspecified atom stereocenters. The Morgan fingerprint density at radius 2 is 1.92 bits per heavy atom. The van der Waals surface area contributed by atoms with Crippen molar-refractivity contribution in [3.63, 3.8) is 0 Å². The van der Waals surface area contributed by atoms with Crippen LogP contribution in [0.15, 0.2) is 23.1 Å². The number of fused-ring (bicyclic) bond motifs is 1. The first-order valence-electron chi connectivity index (χ1n) is 8.29. The second kappa shape index (κ2) is 6.37. The van der Waals surface area contributed by atoms with Crippen LogP contribution in [0.5, 0.6) is 0 Å². The molecule has 0 bridgehead atoms. The molecular formula is C17H25N3O2S2. The molecule has 0 atom stereocenters. The standard InChI is InChI=1S/C17H25N3O2S2/c1-17(2,3)16-19-14-6-5-13(11-15(14)23-16)24(21,22)20(4)12-7-9-18-10-8-12/h5-6,11-12,18H,7-10H2,1-4H3. The van der Waals surface area contributed by atoms with Crippen molar-refractivity contribution in [1.82, 2.24) is 14.6 Å². The molecular weight excluding hydrogens is 342 g/mol. The van der Waals surface area contributed by atoms with Crippen LogP contribution in [0.3, 0.4) is 0 Å². The Morgan fingerprint density at radius 3 is 2.54 bits per heavy atom. The number of sulfonamides is 1. The van der Waals surface area contributed by atoms with Gasteiger partial charge in [-0.3, -0.25) is 0 Å². The fourth-order valence-electron chi connectivity index (χ4n) is 2.92. The zero-order chi connectivity index (χ0) is 17.5. The largest absolute Gasteiger partial charge is 0.317 e. The van der Waals surface area contributed by atoms with Gasteiger partial charge in [0.05, 0.1) is 20.1 Å². The van der Waals surface area contributed by atoms with E-state index in [4.69, 9.17) is 0 Å². The van der Waals surface area contributed by atoms with Gasteiger partial charge in [0.2, 0.25) is 10.0 Å². The minimum atomic E-state index is -3.47. The summed E-state index contributed by atoms with van der Waals surface area (Å²) in [7, 11) is -1.77. The number of nitrogens with zero attached hydrogens (tertiary/aromatic N) is 2. The normalized spacial score (nSPS) is 17.7. The molecule has 1 aromatic carbocycles. The van der Waals surface area contributed by atoms with Crippen LogP contribution in [0.2, 0.25) is 0 Å². The highest BCUT2D eigenvalue weighted by Gasteiger charge is 2.29. The van der Waals surface area contributed by atoms with Gasteiger partial charge in [0.15, 0.2) is 0 Å². The molecule has 0 spiro atoms. The molecule has 132 valence electrons. The second-order valence-electron chi connectivity index (χ2n) is 7.40. The van der Waals surface area contributed by atoms with E-state index in [1.165, 1.54) is 0 Å². The van der Waals surface area contributed by atoms with E-state index in [9.17, 15) is 8.42 Å². The van der Waals surface area contributed by atoms with Crippen molar-refractivity contribution in [2.75, 3.05) is 20.1 Å². The molecule has 1 saturated heterocycles. The highest BCUT2D eigenvalue weighted by atomic mass is 32.2. The minimum Gasteiger partial charge on any atom is -0.317 e. The van der Waals surface area contributed by atoms with Gasteiger partial charge in [-0.15, -0.1) is 11.3 Å². The van der Waals surface area contributed by atoms with Crippen molar-refractivity contribution in [1.29, 1.82) is 0 Å². The van der Waals surface area contributed by atoms with E-state index in [1.807, 2.05) is 6.07 Å². The van der Waals surface area contributed by atoms with Crippen molar-refractivity contribution in [3.8, 4) is 0 Å². The minimum absolute atomic E-state index is 0.0331. The lowest BCUT2D eigenvalue weighted by atomic mass is 9.98. The van der Waals surface area contributed by atoms with Crippen molar-refractivity contribution in [2.45, 2.75) is 50.0 Å². The Labute approximate surface area is 148 Å². The summed E-state index contributed by atoms with van der Waals surface area (Å²) in [5, 5.41) is 4.30. The fourth-order valence-corrected chi connectivity index (χ4v) is 5.50. The van der Waals surface area contributed by atoms with E-state index in [0.717, 1.165) is 41.2 Å². The Bertz CT molecular complexity index is 831. The topological polar surface area (TPSA) is 62.3 Å². The summed E-state index contributed by atoms with van der Waals surface area (Å²) in [6.45, 7) is 8.09. The van der Waals surface area contributed by atoms with Gasteiger partial charge in [0.25, 0.3) is 0 Å². The third-order valence-corrected chi connectivity index (χ3v) is 7.85. The van der Waals surface area contributed by atoms with Crippen molar-refractivity contribution >= 4 is 31.6 Å². The van der Waals surface area contributed by atoms with Crippen LogP contribution in [0.1, 0.15) is 38.6 Å². The number of hydrogen-bond donors (Lipinski definition) is 1. The van der Waals surface area contributed by atoms with Crippen LogP contribution in [-0.4, -0.2) is 43.9 Å². The number of aromatic nitrogens is 1. The zero-order valence-electron chi connectivity index (χ0n) is 14.7. The molecule has 2 aromatic rings. The number of thiazole rings is 1. The van der Waals surface area contributed by atoms with E-state index < -0.39 is 10.0 Å². The van der Waals surface area contributed by atoms with Crippen LogP contribution < -0.4 is 5.32 Å². The van der Waals surface area contributed by atoms with Crippen LogP contribution in [0.4, 0.5) is 0 Å². The van der Waals surface area contributed by atoms with Crippen molar-refractivity contribution in [3.05, 3.63) is 23.2 Å². The van der Waals surface area contributed by atoms with E-state index >= 15 is 0 Å². The van der Waals surface area contributed by atoms with Gasteiger partial charge < -0.3 is 5.32 Å². The first-order chi connectivity index (χ1) is 11.2. The zero-order valence-corrected chi connectivity index (χ0v) is 16.3. The predicted octanol–water partition coefficient (Wildman–Crippen LogP) is 2.97. The number of benzene rings is 1. The van der Waals surface area contributed by atoms with E-state index in [0.29, 0.717) is 4.90 Å². The average Bonchev–Trinajstić information content (AvgIpc) is 2.98. The summed E-state index contributed by atoms with van der Waals surface area (Å²) in [4.78, 5) is 5.00. The predicted molar refractivity (Wildman–Crippen MR) is 99.2 cm³/mol. The number of nitrogens with one attached hydrogen (secondary N) is 1. The van der Waals surface area contributed by atoms with Gasteiger partial charge in [-0.05, 0) is 44.1 Å². The van der Waals surface area contributed by atoms with Crippen LogP contribution in [0.25, 0.3) is 10.2 Å². The Hall–Kier alpha value is -1.02. The van der Waals surface area contributed by atoms with E-state index in [-0.39, 0.29) is 11.5 Å². The van der Waals surface area contributed by atoms with Gasteiger partial charge in [0.1, 0.15) is 0 Å². The summed E-state index contributed by atoms with van der Waals surface area (Å²) in [5.41, 5.74) is 0.836. The molecule has 0 radical (unpaired) electrons. The highest BCUT2D eigenvalue weighted by molar-refractivity contribution is 7.89. The maximum Gasteiger partial charge on any atom is 0.243 e. The Kier molecular flexibility index (Phi) is 4.72. The van der Waals surface area contributed by atoms with Crippen LogP contribution >= 0.6 is 11.3 Å². The fraction of sp³-hybridized carbons (Fsp3) is 0.588. The first kappa shape index (κ1) is 17.8. The average molecular weight is 368 g/mol. The SMILES string of the molecule is CN(C1CCNCC1)S(=O)(=O)c1ccc2nc(C(C)(C)C)sc2c1. The molecule has 1 aliphatic rings. The van der Waals surface area contributed by atoms with Crippen LogP contribution in [-0.2, 0) is 15.4 Å². The molecule has 3 rings (SSSR count). The second-order valence-corrected chi connectivity index (χ2v) is 10.4. The Balaban J connectivity index is 1.95. The maximum absolute atomic E-state index is 13.0. The summed E-state index contributed by atoms with van der Waals surface area (Å²) in [5.74, 6) is 0. The number of rotatable bonds is 3. The molecule has 24 heavy (non-hydrogen) atoms. The maximum atomic E-state index is 13.0. The van der Waals surface area contributed by atoms with Crippen molar-refractivity contribution in [2.24, 2.45) is 0 Å². The highest BCUT2D eigenvalue weighted by Crippen LogP contribution is 2.33. The van der Waals surface area contributed by atoms with Gasteiger partial charge in [0, 0.05) is 18.5 Å². The van der Waals surface area contributed by atoms with Gasteiger partial charge in [-0.1, -0.05) is 20.8 Å². The Morgan fingerprint density at radius 1 is 1.25 bits per heavy atom. The monoisotopic (exact) mass is 367 g/mol. The smallest absolute Gasteiger partial charge is 0.243 e. The summed E-state index contributed by atoms with van der Waals surface area (Å²) >= 11 is 1.58. The number of piperidine rings is 1. The third kappa shape index (κ3) is 3.35. The van der Waals surface area contributed by atoms with Crippen molar-refractivity contribution < 1.29 is 8.42 Å². The third-order valence-electron chi connectivity index (χ3n) is 4.50. The quantitative estimate of drug-likeness (QED) is 0.906. The van der Waals surface area contributed by atoms with E-state index in [2.05, 4.69) is 31.1 Å². The molecule has 7 heteroatoms. The lowest BCUT2D eigenvalue weighted by molar-refractivity contribution is 0.296. The van der Waals surface area contributed by atoms with Gasteiger partial charge in [-0.2, -0.15) is 4.31 Å². The lowest BCUT2D eigenvalue weighted by Crippen LogP contribution is -2.43. The molecule has 5 nitrogen and oxygen atoms in total.